The van der Waals surface area contributed by atoms with Crippen molar-refractivity contribution in [2.45, 2.75) is 20.0 Å². The molecule has 4 heteroatoms. The van der Waals surface area contributed by atoms with Crippen LogP contribution in [0.25, 0.3) is 0 Å². The van der Waals surface area contributed by atoms with E-state index in [4.69, 9.17) is 9.47 Å². The van der Waals surface area contributed by atoms with E-state index in [0.29, 0.717) is 13.2 Å². The van der Waals surface area contributed by atoms with E-state index in [1.54, 1.807) is 0 Å². The number of hydrogen-bond donors (Lipinski definition) is 1. The highest BCUT2D eigenvalue weighted by Gasteiger charge is 2.11. The molecule has 0 radical (unpaired) electrons. The summed E-state index contributed by atoms with van der Waals surface area (Å²) in [6.45, 7) is 5.20. The molecule has 0 saturated carbocycles. The first kappa shape index (κ1) is 12.0. The van der Waals surface area contributed by atoms with Crippen LogP contribution in [0.15, 0.2) is 36.7 Å². The first-order chi connectivity index (χ1) is 9.35. The number of hydrogen-bond acceptors (Lipinski definition) is 3. The lowest BCUT2D eigenvalue weighted by molar-refractivity contribution is 0.171. The van der Waals surface area contributed by atoms with E-state index in [2.05, 4.69) is 35.3 Å². The van der Waals surface area contributed by atoms with E-state index in [0.717, 1.165) is 30.3 Å². The van der Waals surface area contributed by atoms with Crippen molar-refractivity contribution in [2.24, 2.45) is 0 Å². The molecule has 0 fully saturated rings. The molecular weight excluding hydrogens is 240 g/mol. The minimum absolute atomic E-state index is 0.621. The van der Waals surface area contributed by atoms with Gasteiger partial charge in [-0.3, -0.25) is 0 Å². The van der Waals surface area contributed by atoms with Gasteiger partial charge in [-0.05, 0) is 30.7 Å². The predicted molar refractivity (Wildman–Crippen MR) is 74.9 cm³/mol. The van der Waals surface area contributed by atoms with Crippen LogP contribution in [0.4, 0.5) is 5.69 Å². The summed E-state index contributed by atoms with van der Waals surface area (Å²) in [4.78, 5) is 0. The number of nitrogens with one attached hydrogen (secondary N) is 1. The molecule has 19 heavy (non-hydrogen) atoms. The van der Waals surface area contributed by atoms with Crippen LogP contribution in [0, 0.1) is 0 Å². The lowest BCUT2D eigenvalue weighted by Crippen LogP contribution is -2.15. The maximum Gasteiger partial charge on any atom is 0.163 e. The number of fused-ring (bicyclic) bond motifs is 1. The summed E-state index contributed by atoms with van der Waals surface area (Å²) in [5, 5.41) is 3.40. The van der Waals surface area contributed by atoms with Crippen LogP contribution in [0.1, 0.15) is 12.5 Å². The number of benzene rings is 1. The van der Waals surface area contributed by atoms with Crippen molar-refractivity contribution in [1.82, 2.24) is 4.57 Å². The minimum atomic E-state index is 0.621. The fourth-order valence-electron chi connectivity index (χ4n) is 2.15. The first-order valence-electron chi connectivity index (χ1n) is 6.63. The highest BCUT2D eigenvalue weighted by Crippen LogP contribution is 2.32. The number of nitrogens with zero attached hydrogens (tertiary/aromatic N) is 1. The van der Waals surface area contributed by atoms with Crippen LogP contribution in [0.5, 0.6) is 11.5 Å². The lowest BCUT2D eigenvalue weighted by Gasteiger charge is -2.19. The van der Waals surface area contributed by atoms with Gasteiger partial charge in [-0.2, -0.15) is 0 Å². The van der Waals surface area contributed by atoms with Gasteiger partial charge in [0.2, 0.25) is 0 Å². The zero-order valence-corrected chi connectivity index (χ0v) is 11.1. The molecule has 1 N–H and O–H groups in total. The fraction of sp³-hybridized carbons (Fsp3) is 0.333. The second-order valence-corrected chi connectivity index (χ2v) is 4.56. The summed E-state index contributed by atoms with van der Waals surface area (Å²) in [5.74, 6) is 1.65. The van der Waals surface area contributed by atoms with Crippen molar-refractivity contribution in [2.75, 3.05) is 18.5 Å². The van der Waals surface area contributed by atoms with Gasteiger partial charge in [-0.1, -0.05) is 0 Å². The zero-order valence-electron chi connectivity index (χ0n) is 11.1. The normalized spacial score (nSPS) is 13.3. The first-order valence-corrected chi connectivity index (χ1v) is 6.63. The molecule has 4 nitrogen and oxygen atoms in total. The summed E-state index contributed by atoms with van der Waals surface area (Å²) >= 11 is 0. The molecule has 100 valence electrons. The van der Waals surface area contributed by atoms with Gasteiger partial charge in [0.05, 0.1) is 0 Å². The Morgan fingerprint density at radius 2 is 2.00 bits per heavy atom. The molecule has 1 aromatic heterocycles. The summed E-state index contributed by atoms with van der Waals surface area (Å²) in [6, 6.07) is 8.10. The van der Waals surface area contributed by atoms with Crippen molar-refractivity contribution in [3.63, 3.8) is 0 Å². The van der Waals surface area contributed by atoms with E-state index in [1.807, 2.05) is 18.2 Å². The molecular formula is C15H18N2O2. The molecule has 0 spiro atoms. The molecule has 2 heterocycles. The van der Waals surface area contributed by atoms with Crippen LogP contribution >= 0.6 is 0 Å². The second-order valence-electron chi connectivity index (χ2n) is 4.56. The highest BCUT2D eigenvalue weighted by molar-refractivity contribution is 5.55. The van der Waals surface area contributed by atoms with Crippen LogP contribution in [0.2, 0.25) is 0 Å². The Kier molecular flexibility index (Phi) is 3.31. The van der Waals surface area contributed by atoms with Gasteiger partial charge >= 0.3 is 0 Å². The average molecular weight is 258 g/mol. The Morgan fingerprint density at radius 3 is 2.79 bits per heavy atom. The van der Waals surface area contributed by atoms with Crippen molar-refractivity contribution in [3.05, 3.63) is 42.2 Å². The van der Waals surface area contributed by atoms with Gasteiger partial charge in [0, 0.05) is 37.2 Å². The van der Waals surface area contributed by atoms with Crippen molar-refractivity contribution < 1.29 is 9.47 Å². The Labute approximate surface area is 113 Å². The van der Waals surface area contributed by atoms with Gasteiger partial charge in [0.25, 0.3) is 0 Å². The Balaban J connectivity index is 1.66. The largest absolute Gasteiger partial charge is 0.486 e. The van der Waals surface area contributed by atoms with Crippen molar-refractivity contribution in [3.8, 4) is 11.5 Å². The van der Waals surface area contributed by atoms with Gasteiger partial charge in [0.1, 0.15) is 13.2 Å². The fourth-order valence-corrected chi connectivity index (χ4v) is 2.15. The maximum atomic E-state index is 5.57. The maximum absolute atomic E-state index is 5.57. The predicted octanol–water partition coefficient (Wildman–Crippen LogP) is 2.89. The van der Waals surface area contributed by atoms with Crippen LogP contribution in [-0.2, 0) is 13.1 Å². The van der Waals surface area contributed by atoms with Gasteiger partial charge in [-0.25, -0.2) is 0 Å². The SMILES string of the molecule is CCn1ccc(CNc2ccc3c(c2)OCCO3)c1. The number of rotatable bonds is 4. The number of ether oxygens (including phenoxy) is 2. The zero-order chi connectivity index (χ0) is 13.1. The molecule has 1 aliphatic heterocycles. The molecule has 0 saturated heterocycles. The topological polar surface area (TPSA) is 35.4 Å². The number of anilines is 1. The van der Waals surface area contributed by atoms with Gasteiger partial charge < -0.3 is 19.4 Å². The Hall–Kier alpha value is -2.10. The molecule has 2 aromatic rings. The molecule has 0 atom stereocenters. The molecule has 1 aromatic carbocycles. The average Bonchev–Trinajstić information content (AvgIpc) is 2.93. The summed E-state index contributed by atoms with van der Waals surface area (Å²) in [7, 11) is 0. The smallest absolute Gasteiger partial charge is 0.163 e. The minimum Gasteiger partial charge on any atom is -0.486 e. The van der Waals surface area contributed by atoms with E-state index < -0.39 is 0 Å². The molecule has 3 rings (SSSR count). The number of aryl methyl sites for hydroxylation is 1. The van der Waals surface area contributed by atoms with E-state index >= 15 is 0 Å². The van der Waals surface area contributed by atoms with Gasteiger partial charge in [0.15, 0.2) is 11.5 Å². The molecule has 0 unspecified atom stereocenters. The Bertz CT molecular complexity index is 563. The van der Waals surface area contributed by atoms with E-state index in [-0.39, 0.29) is 0 Å². The quantitative estimate of drug-likeness (QED) is 0.916. The van der Waals surface area contributed by atoms with E-state index in [1.165, 1.54) is 5.56 Å². The molecule has 0 amide bonds. The lowest BCUT2D eigenvalue weighted by atomic mass is 10.2. The molecule has 0 bridgehead atoms. The third-order valence-corrected chi connectivity index (χ3v) is 3.22. The molecule has 1 aliphatic rings. The van der Waals surface area contributed by atoms with Crippen LogP contribution in [0.3, 0.4) is 0 Å². The summed E-state index contributed by atoms with van der Waals surface area (Å²) in [6.07, 6.45) is 4.26. The van der Waals surface area contributed by atoms with Crippen LogP contribution in [-0.4, -0.2) is 17.8 Å². The standard InChI is InChI=1S/C15H18N2O2/c1-2-17-6-5-12(11-17)10-16-13-3-4-14-15(9-13)19-8-7-18-14/h3-6,9,11,16H,2,7-8,10H2,1H3. The monoisotopic (exact) mass is 258 g/mol. The summed E-state index contributed by atoms with van der Waals surface area (Å²) in [5.41, 5.74) is 2.32. The van der Waals surface area contributed by atoms with E-state index in [9.17, 15) is 0 Å². The third kappa shape index (κ3) is 2.67. The summed E-state index contributed by atoms with van der Waals surface area (Å²) < 4.78 is 13.2. The highest BCUT2D eigenvalue weighted by atomic mass is 16.6. The molecule has 0 aliphatic carbocycles. The third-order valence-electron chi connectivity index (χ3n) is 3.22. The second kappa shape index (κ2) is 5.26. The van der Waals surface area contributed by atoms with Crippen molar-refractivity contribution >= 4 is 5.69 Å². The Morgan fingerprint density at radius 1 is 1.16 bits per heavy atom. The van der Waals surface area contributed by atoms with Crippen LogP contribution < -0.4 is 14.8 Å². The van der Waals surface area contributed by atoms with Gasteiger partial charge in [-0.15, -0.1) is 0 Å². The van der Waals surface area contributed by atoms with Crippen molar-refractivity contribution in [1.29, 1.82) is 0 Å². The number of aromatic nitrogens is 1.